The van der Waals surface area contributed by atoms with Crippen LogP contribution in [0, 0.1) is 11.6 Å². The van der Waals surface area contributed by atoms with Crippen molar-refractivity contribution in [2.24, 2.45) is 0 Å². The van der Waals surface area contributed by atoms with Gasteiger partial charge < -0.3 is 5.11 Å². The summed E-state index contributed by atoms with van der Waals surface area (Å²) in [6.07, 6.45) is 0. The zero-order valence-electron chi connectivity index (χ0n) is 8.87. The van der Waals surface area contributed by atoms with Crippen LogP contribution >= 0.6 is 0 Å². The van der Waals surface area contributed by atoms with E-state index in [4.69, 9.17) is 5.11 Å². The fourth-order valence-corrected chi connectivity index (χ4v) is 1.21. The quantitative estimate of drug-likeness (QED) is 0.827. The van der Waals surface area contributed by atoms with Crippen molar-refractivity contribution >= 4 is 0 Å². The van der Waals surface area contributed by atoms with Crippen LogP contribution in [0.15, 0.2) is 18.2 Å². The molecule has 1 N–H and O–H groups in total. The Morgan fingerprint density at radius 3 is 2.60 bits per heavy atom. The molecule has 0 heterocycles. The molecule has 0 fully saturated rings. The second kappa shape index (κ2) is 5.19. The molecular formula is C11H15F2NO. The molecule has 1 aromatic rings. The van der Waals surface area contributed by atoms with Gasteiger partial charge >= 0.3 is 0 Å². The van der Waals surface area contributed by atoms with Crippen LogP contribution in [0.5, 0.6) is 0 Å². The highest BCUT2D eigenvalue weighted by molar-refractivity contribution is 5.18. The molecule has 4 heteroatoms. The first kappa shape index (κ1) is 12.1. The van der Waals surface area contributed by atoms with Crippen LogP contribution in [-0.2, 0) is 6.54 Å². The minimum absolute atomic E-state index is 0.0132. The summed E-state index contributed by atoms with van der Waals surface area (Å²) >= 11 is 0. The average Bonchev–Trinajstić information content (AvgIpc) is 2.20. The summed E-state index contributed by atoms with van der Waals surface area (Å²) in [5, 5.41) is 8.90. The number of nitrogens with zero attached hydrogens (tertiary/aromatic N) is 1. The second-order valence-electron chi connectivity index (χ2n) is 3.68. The fourth-order valence-electron chi connectivity index (χ4n) is 1.21. The summed E-state index contributed by atoms with van der Waals surface area (Å²) < 4.78 is 25.9. The first-order valence-electron chi connectivity index (χ1n) is 4.79. The zero-order chi connectivity index (χ0) is 11.4. The maximum absolute atomic E-state index is 13.2. The van der Waals surface area contributed by atoms with Crippen LogP contribution in [0.1, 0.15) is 12.5 Å². The van der Waals surface area contributed by atoms with Crippen LogP contribution in [0.25, 0.3) is 0 Å². The van der Waals surface area contributed by atoms with Gasteiger partial charge in [-0.1, -0.05) is 6.07 Å². The maximum Gasteiger partial charge on any atom is 0.130 e. The molecule has 0 spiro atoms. The Hall–Kier alpha value is -1.00. The van der Waals surface area contributed by atoms with Crippen molar-refractivity contribution in [3.8, 4) is 0 Å². The lowest BCUT2D eigenvalue weighted by atomic mass is 10.2. The standard InChI is InChI=1S/C11H15F2NO/c1-8(7-15)14(2)6-9-3-4-10(12)5-11(9)13/h3-5,8,15H,6-7H2,1-2H3. The smallest absolute Gasteiger partial charge is 0.130 e. The molecule has 2 nitrogen and oxygen atoms in total. The van der Waals surface area contributed by atoms with Crippen LogP contribution in [0.2, 0.25) is 0 Å². The van der Waals surface area contributed by atoms with Gasteiger partial charge in [0.2, 0.25) is 0 Å². The molecule has 15 heavy (non-hydrogen) atoms. The molecule has 84 valence electrons. The van der Waals surface area contributed by atoms with E-state index in [0.717, 1.165) is 6.07 Å². The van der Waals surface area contributed by atoms with Crippen molar-refractivity contribution in [3.63, 3.8) is 0 Å². The van der Waals surface area contributed by atoms with Crippen LogP contribution in [0.4, 0.5) is 8.78 Å². The third kappa shape index (κ3) is 3.25. The zero-order valence-corrected chi connectivity index (χ0v) is 8.87. The first-order valence-corrected chi connectivity index (χ1v) is 4.79. The number of likely N-dealkylation sites (N-methyl/N-ethyl adjacent to an activating group) is 1. The maximum atomic E-state index is 13.2. The van der Waals surface area contributed by atoms with Crippen molar-refractivity contribution in [1.82, 2.24) is 4.90 Å². The minimum atomic E-state index is -0.575. The monoisotopic (exact) mass is 215 g/mol. The van der Waals surface area contributed by atoms with Crippen LogP contribution in [0.3, 0.4) is 0 Å². The van der Waals surface area contributed by atoms with Gasteiger partial charge in [-0.05, 0) is 20.0 Å². The number of hydrogen-bond donors (Lipinski definition) is 1. The summed E-state index contributed by atoms with van der Waals surface area (Å²) in [6, 6.07) is 3.47. The van der Waals surface area contributed by atoms with Crippen LogP contribution < -0.4 is 0 Å². The van der Waals surface area contributed by atoms with Crippen LogP contribution in [-0.4, -0.2) is 29.7 Å². The summed E-state index contributed by atoms with van der Waals surface area (Å²) in [5.41, 5.74) is 0.430. The highest BCUT2D eigenvalue weighted by Gasteiger charge is 2.11. The van der Waals surface area contributed by atoms with E-state index in [9.17, 15) is 8.78 Å². The van der Waals surface area contributed by atoms with Gasteiger partial charge in [-0.2, -0.15) is 0 Å². The molecule has 0 aromatic heterocycles. The van der Waals surface area contributed by atoms with Crippen molar-refractivity contribution in [2.75, 3.05) is 13.7 Å². The predicted octanol–water partition coefficient (Wildman–Crippen LogP) is 1.78. The number of benzene rings is 1. The van der Waals surface area contributed by atoms with Crippen molar-refractivity contribution in [2.45, 2.75) is 19.5 Å². The third-order valence-electron chi connectivity index (χ3n) is 2.45. The van der Waals surface area contributed by atoms with E-state index >= 15 is 0 Å². The number of aliphatic hydroxyl groups is 1. The van der Waals surface area contributed by atoms with Crippen molar-refractivity contribution in [3.05, 3.63) is 35.4 Å². The number of halogens is 2. The Balaban J connectivity index is 2.72. The first-order chi connectivity index (χ1) is 7.04. The SMILES string of the molecule is CC(CO)N(C)Cc1ccc(F)cc1F. The predicted molar refractivity (Wildman–Crippen MR) is 54.4 cm³/mol. The fraction of sp³-hybridized carbons (Fsp3) is 0.455. The van der Waals surface area contributed by atoms with E-state index in [1.165, 1.54) is 12.1 Å². The largest absolute Gasteiger partial charge is 0.395 e. The van der Waals surface area contributed by atoms with E-state index in [0.29, 0.717) is 12.1 Å². The van der Waals surface area contributed by atoms with Gasteiger partial charge in [0, 0.05) is 24.2 Å². The highest BCUT2D eigenvalue weighted by atomic mass is 19.1. The summed E-state index contributed by atoms with van der Waals surface area (Å²) in [7, 11) is 1.78. The molecule has 0 aliphatic heterocycles. The number of rotatable bonds is 4. The summed E-state index contributed by atoms with van der Waals surface area (Å²) in [5.74, 6) is -1.12. The van der Waals surface area contributed by atoms with Gasteiger partial charge in [0.25, 0.3) is 0 Å². The molecule has 0 aliphatic carbocycles. The lowest BCUT2D eigenvalue weighted by molar-refractivity contribution is 0.153. The number of hydrogen-bond acceptors (Lipinski definition) is 2. The van der Waals surface area contributed by atoms with Gasteiger partial charge in [0.15, 0.2) is 0 Å². The molecule has 1 rings (SSSR count). The van der Waals surface area contributed by atoms with Gasteiger partial charge in [-0.15, -0.1) is 0 Å². The Morgan fingerprint density at radius 2 is 2.07 bits per heavy atom. The Morgan fingerprint density at radius 1 is 1.40 bits per heavy atom. The average molecular weight is 215 g/mol. The lowest BCUT2D eigenvalue weighted by Gasteiger charge is -2.22. The molecule has 0 aliphatic rings. The summed E-state index contributed by atoms with van der Waals surface area (Å²) in [6.45, 7) is 2.20. The Labute approximate surface area is 88.1 Å². The molecule has 1 aromatic carbocycles. The highest BCUT2D eigenvalue weighted by Crippen LogP contribution is 2.12. The lowest BCUT2D eigenvalue weighted by Crippen LogP contribution is -2.31. The second-order valence-corrected chi connectivity index (χ2v) is 3.68. The van der Waals surface area contributed by atoms with Gasteiger partial charge in [0.1, 0.15) is 11.6 Å². The van der Waals surface area contributed by atoms with E-state index in [2.05, 4.69) is 0 Å². The van der Waals surface area contributed by atoms with Crippen molar-refractivity contribution in [1.29, 1.82) is 0 Å². The molecule has 0 saturated heterocycles. The summed E-state index contributed by atoms with van der Waals surface area (Å²) in [4.78, 5) is 1.80. The topological polar surface area (TPSA) is 23.5 Å². The molecule has 1 atom stereocenters. The van der Waals surface area contributed by atoms with Gasteiger partial charge in [-0.3, -0.25) is 4.90 Å². The van der Waals surface area contributed by atoms with Gasteiger partial charge in [-0.25, -0.2) is 8.78 Å². The normalized spacial score (nSPS) is 13.2. The third-order valence-corrected chi connectivity index (χ3v) is 2.45. The molecule has 1 unspecified atom stereocenters. The molecule has 0 radical (unpaired) electrons. The van der Waals surface area contributed by atoms with E-state index in [-0.39, 0.29) is 12.6 Å². The van der Waals surface area contributed by atoms with E-state index in [1.807, 2.05) is 6.92 Å². The number of aliphatic hydroxyl groups excluding tert-OH is 1. The van der Waals surface area contributed by atoms with E-state index < -0.39 is 11.6 Å². The molecule has 0 saturated carbocycles. The van der Waals surface area contributed by atoms with Crippen molar-refractivity contribution < 1.29 is 13.9 Å². The minimum Gasteiger partial charge on any atom is -0.395 e. The molecule has 0 amide bonds. The van der Waals surface area contributed by atoms with E-state index in [1.54, 1.807) is 11.9 Å². The Kier molecular flexibility index (Phi) is 4.17. The molecular weight excluding hydrogens is 200 g/mol. The Bertz CT molecular complexity index is 330. The molecule has 0 bridgehead atoms. The van der Waals surface area contributed by atoms with Gasteiger partial charge in [0.05, 0.1) is 6.61 Å².